The van der Waals surface area contributed by atoms with Crippen molar-refractivity contribution in [2.75, 3.05) is 0 Å². The van der Waals surface area contributed by atoms with Gasteiger partial charge in [-0.15, -0.1) is 0 Å². The smallest absolute Gasteiger partial charge is 0.168 e. The Balaban J connectivity index is 2.59. The molecular weight excluding hydrogens is 269 g/mol. The first-order valence-corrected chi connectivity index (χ1v) is 6.37. The molecule has 1 aromatic rings. The lowest BCUT2D eigenvalue weighted by atomic mass is 9.79. The van der Waals surface area contributed by atoms with E-state index < -0.39 is 17.3 Å². The normalized spacial score (nSPS) is 27.1. The second kappa shape index (κ2) is 5.27. The first-order valence-electron chi connectivity index (χ1n) is 6.37. The van der Waals surface area contributed by atoms with E-state index in [1.807, 2.05) is 0 Å². The molecule has 0 spiro atoms. The van der Waals surface area contributed by atoms with Crippen LogP contribution in [0.5, 0.6) is 0 Å². The molecule has 1 aliphatic heterocycles. The average Bonchev–Trinajstić information content (AvgIpc) is 2.73. The molecule has 1 fully saturated rings. The van der Waals surface area contributed by atoms with Crippen molar-refractivity contribution in [2.24, 2.45) is 11.8 Å². The first kappa shape index (κ1) is 14.6. The zero-order valence-electron chi connectivity index (χ0n) is 11.6. The number of halogens is 1. The summed E-state index contributed by atoms with van der Waals surface area (Å²) in [5.41, 5.74) is -0.606. The highest BCUT2D eigenvalue weighted by Crippen LogP contribution is 2.49. The number of nitriles is 3. The minimum absolute atomic E-state index is 0.0711. The van der Waals surface area contributed by atoms with Crippen LogP contribution < -0.4 is 0 Å². The van der Waals surface area contributed by atoms with Gasteiger partial charge in [0, 0.05) is 5.92 Å². The average molecular weight is 281 g/mol. The summed E-state index contributed by atoms with van der Waals surface area (Å²) in [7, 11) is 0. The molecular formula is C16H12FN3O. The molecule has 0 N–H and O–H groups in total. The van der Waals surface area contributed by atoms with Gasteiger partial charge in [-0.2, -0.15) is 15.8 Å². The molecule has 0 bridgehead atoms. The van der Waals surface area contributed by atoms with Gasteiger partial charge in [-0.3, -0.25) is 0 Å². The quantitative estimate of drug-likeness (QED) is 0.740. The second-order valence-corrected chi connectivity index (χ2v) is 5.08. The molecule has 0 aliphatic carbocycles. The highest BCUT2D eigenvalue weighted by molar-refractivity contribution is 5.43. The Labute approximate surface area is 122 Å². The molecule has 3 unspecified atom stereocenters. The van der Waals surface area contributed by atoms with Crippen LogP contribution in [-0.4, -0.2) is 0 Å². The van der Waals surface area contributed by atoms with Crippen molar-refractivity contribution in [1.29, 1.82) is 15.8 Å². The minimum Gasteiger partial charge on any atom is -0.483 e. The number of nitrogens with zero attached hydrogens (tertiary/aromatic N) is 3. The lowest BCUT2D eigenvalue weighted by Crippen LogP contribution is -2.28. The summed E-state index contributed by atoms with van der Waals surface area (Å²) < 4.78 is 19.2. The van der Waals surface area contributed by atoms with E-state index in [0.29, 0.717) is 5.56 Å². The summed E-state index contributed by atoms with van der Waals surface area (Å²) in [6.45, 7) is 3.52. The van der Waals surface area contributed by atoms with Gasteiger partial charge in [0.05, 0.1) is 6.07 Å². The van der Waals surface area contributed by atoms with Gasteiger partial charge in [0.1, 0.15) is 35.2 Å². The number of ether oxygens (including phenoxy) is 1. The topological polar surface area (TPSA) is 80.6 Å². The summed E-state index contributed by atoms with van der Waals surface area (Å²) in [5, 5.41) is 27.3. The van der Waals surface area contributed by atoms with Gasteiger partial charge in [-0.1, -0.05) is 19.1 Å². The van der Waals surface area contributed by atoms with Crippen molar-refractivity contribution >= 4 is 0 Å². The van der Waals surface area contributed by atoms with Gasteiger partial charge < -0.3 is 4.74 Å². The first-order chi connectivity index (χ1) is 9.97. The highest BCUT2D eigenvalue weighted by atomic mass is 19.1. The van der Waals surface area contributed by atoms with E-state index in [9.17, 15) is 9.65 Å². The standard InChI is InChI=1S/C16H12FN3O/c1-10-14(9-20)15(11(7-18)8-19)21-16(10,2)12-4-3-5-13(17)6-12/h3-6,10,14H,1-2H3. The maximum atomic E-state index is 13.4. The van der Waals surface area contributed by atoms with Crippen LogP contribution in [-0.2, 0) is 10.3 Å². The lowest BCUT2D eigenvalue weighted by Gasteiger charge is -2.29. The molecule has 1 aromatic carbocycles. The van der Waals surface area contributed by atoms with Gasteiger partial charge in [0.2, 0.25) is 0 Å². The molecule has 2 rings (SSSR count). The SMILES string of the molecule is CC1C(C#N)C(=C(C#N)C#N)OC1(C)c1cccc(F)c1. The van der Waals surface area contributed by atoms with E-state index in [2.05, 4.69) is 6.07 Å². The second-order valence-electron chi connectivity index (χ2n) is 5.08. The van der Waals surface area contributed by atoms with Crippen molar-refractivity contribution in [1.82, 2.24) is 0 Å². The third-order valence-corrected chi connectivity index (χ3v) is 3.98. The predicted molar refractivity (Wildman–Crippen MR) is 71.4 cm³/mol. The van der Waals surface area contributed by atoms with Gasteiger partial charge in [-0.05, 0) is 24.6 Å². The summed E-state index contributed by atoms with van der Waals surface area (Å²) >= 11 is 0. The van der Waals surface area contributed by atoms with Crippen molar-refractivity contribution in [3.05, 3.63) is 47.0 Å². The van der Waals surface area contributed by atoms with Crippen molar-refractivity contribution in [3.63, 3.8) is 0 Å². The molecule has 1 saturated heterocycles. The van der Waals surface area contributed by atoms with Crippen molar-refractivity contribution < 1.29 is 9.13 Å². The Bertz CT molecular complexity index is 719. The van der Waals surface area contributed by atoms with Crippen LogP contribution in [0.3, 0.4) is 0 Å². The number of rotatable bonds is 1. The summed E-state index contributed by atoms with van der Waals surface area (Å²) in [6.07, 6.45) is 0. The van der Waals surface area contributed by atoms with Crippen LogP contribution in [0, 0.1) is 51.6 Å². The summed E-state index contributed by atoms with van der Waals surface area (Å²) in [6, 6.07) is 11.5. The third kappa shape index (κ3) is 2.22. The van der Waals surface area contributed by atoms with Crippen molar-refractivity contribution in [3.8, 4) is 18.2 Å². The molecule has 4 nitrogen and oxygen atoms in total. The zero-order valence-corrected chi connectivity index (χ0v) is 11.6. The molecule has 0 amide bonds. The largest absolute Gasteiger partial charge is 0.483 e. The lowest BCUT2D eigenvalue weighted by molar-refractivity contribution is 0.0242. The Morgan fingerprint density at radius 1 is 1.29 bits per heavy atom. The van der Waals surface area contributed by atoms with Crippen LogP contribution in [0.25, 0.3) is 0 Å². The van der Waals surface area contributed by atoms with E-state index in [1.165, 1.54) is 12.1 Å². The van der Waals surface area contributed by atoms with E-state index in [0.717, 1.165) is 0 Å². The molecule has 3 atom stereocenters. The molecule has 5 heteroatoms. The molecule has 1 aliphatic rings. The Kier molecular flexibility index (Phi) is 3.66. The maximum Gasteiger partial charge on any atom is 0.168 e. The van der Waals surface area contributed by atoms with Crippen LogP contribution >= 0.6 is 0 Å². The summed E-state index contributed by atoms with van der Waals surface area (Å²) in [5.74, 6) is -1.37. The molecule has 104 valence electrons. The molecule has 0 aromatic heterocycles. The fourth-order valence-electron chi connectivity index (χ4n) is 2.56. The fraction of sp³-hybridized carbons (Fsp3) is 0.312. The van der Waals surface area contributed by atoms with Gasteiger partial charge in [0.25, 0.3) is 0 Å². The van der Waals surface area contributed by atoms with Crippen LogP contribution in [0.2, 0.25) is 0 Å². The third-order valence-electron chi connectivity index (χ3n) is 3.98. The zero-order chi connectivity index (χ0) is 15.6. The molecule has 0 radical (unpaired) electrons. The van der Waals surface area contributed by atoms with Gasteiger partial charge in [-0.25, -0.2) is 4.39 Å². The highest BCUT2D eigenvalue weighted by Gasteiger charge is 2.50. The summed E-state index contributed by atoms with van der Waals surface area (Å²) in [4.78, 5) is 0. The Morgan fingerprint density at radius 3 is 2.48 bits per heavy atom. The maximum absolute atomic E-state index is 13.4. The van der Waals surface area contributed by atoms with Gasteiger partial charge in [0.15, 0.2) is 5.57 Å². The predicted octanol–water partition coefficient (Wildman–Crippen LogP) is 3.15. The van der Waals surface area contributed by atoms with E-state index in [4.69, 9.17) is 15.3 Å². The number of hydrogen-bond acceptors (Lipinski definition) is 4. The van der Waals surface area contributed by atoms with E-state index >= 15 is 0 Å². The van der Waals surface area contributed by atoms with E-state index in [-0.39, 0.29) is 17.3 Å². The molecule has 1 heterocycles. The number of hydrogen-bond donors (Lipinski definition) is 0. The van der Waals surface area contributed by atoms with E-state index in [1.54, 1.807) is 38.1 Å². The van der Waals surface area contributed by atoms with Crippen LogP contribution in [0.1, 0.15) is 19.4 Å². The Morgan fingerprint density at radius 2 is 1.95 bits per heavy atom. The monoisotopic (exact) mass is 281 g/mol. The molecule has 0 saturated carbocycles. The Hall–Kier alpha value is -2.84. The number of allylic oxidation sites excluding steroid dienone is 2. The van der Waals surface area contributed by atoms with Gasteiger partial charge >= 0.3 is 0 Å². The van der Waals surface area contributed by atoms with Crippen molar-refractivity contribution in [2.45, 2.75) is 19.4 Å². The molecule has 21 heavy (non-hydrogen) atoms. The number of benzene rings is 1. The fourth-order valence-corrected chi connectivity index (χ4v) is 2.56. The van der Waals surface area contributed by atoms with Crippen LogP contribution in [0.15, 0.2) is 35.6 Å². The minimum atomic E-state index is -0.962. The van der Waals surface area contributed by atoms with Crippen LogP contribution in [0.4, 0.5) is 4.39 Å².